The second-order valence-corrected chi connectivity index (χ2v) is 2.70. The second-order valence-electron chi connectivity index (χ2n) is 2.51. The summed E-state index contributed by atoms with van der Waals surface area (Å²) in [6.45, 7) is 0. The van der Waals surface area contributed by atoms with Crippen molar-refractivity contribution in [2.75, 3.05) is 11.9 Å². The highest BCUT2D eigenvalue weighted by Gasteiger charge is 2.31. The zero-order valence-corrected chi connectivity index (χ0v) is 7.91. The van der Waals surface area contributed by atoms with Gasteiger partial charge in [-0.3, -0.25) is 4.84 Å². The zero-order chi connectivity index (χ0) is 10.8. The summed E-state index contributed by atoms with van der Waals surface area (Å²) in [7, 11) is 1.35. The molecule has 0 aliphatic heterocycles. The van der Waals surface area contributed by atoms with Crippen LogP contribution in [0.1, 0.15) is 5.56 Å². The van der Waals surface area contributed by atoms with Gasteiger partial charge in [-0.1, -0.05) is 0 Å². The maximum atomic E-state index is 12.2. The van der Waals surface area contributed by atoms with Crippen molar-refractivity contribution < 1.29 is 17.9 Å². The van der Waals surface area contributed by atoms with E-state index in [2.05, 4.69) is 4.84 Å². The highest BCUT2D eigenvalue weighted by molar-refractivity contribution is 6.24. The van der Waals surface area contributed by atoms with Crippen molar-refractivity contribution in [3.63, 3.8) is 0 Å². The van der Waals surface area contributed by atoms with Crippen LogP contribution in [0.5, 0.6) is 5.75 Å². The quantitative estimate of drug-likeness (QED) is 0.780. The van der Waals surface area contributed by atoms with E-state index in [4.69, 9.17) is 16.5 Å². The molecule has 2 nitrogen and oxygen atoms in total. The van der Waals surface area contributed by atoms with Crippen molar-refractivity contribution in [3.05, 3.63) is 23.8 Å². The molecule has 0 unspecified atom stereocenters. The monoisotopic (exact) mass is 225 g/mol. The van der Waals surface area contributed by atoms with Crippen LogP contribution in [-0.2, 0) is 6.18 Å². The van der Waals surface area contributed by atoms with Gasteiger partial charge in [-0.15, -0.1) is 0 Å². The number of rotatable bonds is 2. The summed E-state index contributed by atoms with van der Waals surface area (Å²) in [6, 6.07) is 3.01. The predicted octanol–water partition coefficient (Wildman–Crippen LogP) is 3.28. The van der Waals surface area contributed by atoms with Crippen LogP contribution in [0.25, 0.3) is 0 Å². The van der Waals surface area contributed by atoms with Gasteiger partial charge in [0.1, 0.15) is 5.75 Å². The molecule has 0 bridgehead atoms. The Labute approximate surface area is 83.7 Å². The molecular formula is C8H7ClF3NO. The van der Waals surface area contributed by atoms with E-state index in [1.807, 2.05) is 0 Å². The molecule has 78 valence electrons. The standard InChI is InChI=1S/C8H7ClF3NO/c1-14-7-3-2-5(8(10,11)12)4-6(7)13-9/h2-4,13H,1H3. The average Bonchev–Trinajstić information content (AvgIpc) is 2.15. The Kier molecular flexibility index (Phi) is 3.10. The molecule has 0 heterocycles. The van der Waals surface area contributed by atoms with Gasteiger partial charge in [0.2, 0.25) is 0 Å². The molecule has 1 N–H and O–H groups in total. The number of hydrogen-bond donors (Lipinski definition) is 1. The van der Waals surface area contributed by atoms with Gasteiger partial charge in [0.05, 0.1) is 18.4 Å². The lowest BCUT2D eigenvalue weighted by molar-refractivity contribution is -0.137. The molecule has 0 saturated heterocycles. The number of halogens is 4. The number of anilines is 1. The molecule has 0 aliphatic carbocycles. The van der Waals surface area contributed by atoms with Crippen LogP contribution in [0.3, 0.4) is 0 Å². The Morgan fingerprint density at radius 1 is 1.36 bits per heavy atom. The van der Waals surface area contributed by atoms with E-state index >= 15 is 0 Å². The first-order valence-electron chi connectivity index (χ1n) is 3.61. The summed E-state index contributed by atoms with van der Waals surface area (Å²) in [5.74, 6) is 0.257. The van der Waals surface area contributed by atoms with Crippen LogP contribution >= 0.6 is 11.8 Å². The summed E-state index contributed by atoms with van der Waals surface area (Å²) in [6.07, 6.45) is -4.38. The smallest absolute Gasteiger partial charge is 0.416 e. The van der Waals surface area contributed by atoms with Crippen LogP contribution in [-0.4, -0.2) is 7.11 Å². The number of alkyl halides is 3. The lowest BCUT2D eigenvalue weighted by atomic mass is 10.2. The molecule has 1 aromatic rings. The van der Waals surface area contributed by atoms with E-state index in [1.165, 1.54) is 13.2 Å². The molecule has 0 amide bonds. The fourth-order valence-corrected chi connectivity index (χ4v) is 1.11. The van der Waals surface area contributed by atoms with Gasteiger partial charge in [0, 0.05) is 11.8 Å². The minimum Gasteiger partial charge on any atom is -0.495 e. The molecule has 0 spiro atoms. The van der Waals surface area contributed by atoms with Crippen molar-refractivity contribution >= 4 is 17.5 Å². The van der Waals surface area contributed by atoms with Gasteiger partial charge in [-0.2, -0.15) is 13.2 Å². The van der Waals surface area contributed by atoms with Gasteiger partial charge in [-0.05, 0) is 18.2 Å². The Hall–Kier alpha value is -1.10. The topological polar surface area (TPSA) is 21.3 Å². The minimum absolute atomic E-state index is 0.0870. The third-order valence-electron chi connectivity index (χ3n) is 1.63. The van der Waals surface area contributed by atoms with E-state index < -0.39 is 11.7 Å². The summed E-state index contributed by atoms with van der Waals surface area (Å²) in [5, 5.41) is 0. The Balaban J connectivity index is 3.14. The summed E-state index contributed by atoms with van der Waals surface area (Å²) in [5.41, 5.74) is -0.689. The maximum Gasteiger partial charge on any atom is 0.416 e. The molecule has 1 aromatic carbocycles. The molecule has 0 aliphatic rings. The highest BCUT2D eigenvalue weighted by Crippen LogP contribution is 2.34. The van der Waals surface area contributed by atoms with Gasteiger partial charge in [0.15, 0.2) is 0 Å². The third kappa shape index (κ3) is 2.23. The van der Waals surface area contributed by atoms with Crippen molar-refractivity contribution in [2.45, 2.75) is 6.18 Å². The number of methoxy groups -OCH3 is 1. The number of nitrogens with one attached hydrogen (secondary N) is 1. The van der Waals surface area contributed by atoms with Gasteiger partial charge < -0.3 is 4.74 Å². The normalized spacial score (nSPS) is 11.2. The molecule has 0 radical (unpaired) electrons. The van der Waals surface area contributed by atoms with Crippen molar-refractivity contribution in [1.82, 2.24) is 0 Å². The van der Waals surface area contributed by atoms with Crippen LogP contribution in [0, 0.1) is 0 Å². The van der Waals surface area contributed by atoms with Crippen LogP contribution in [0.4, 0.5) is 18.9 Å². The van der Waals surface area contributed by atoms with Crippen molar-refractivity contribution in [3.8, 4) is 5.75 Å². The Bertz CT molecular complexity index is 327. The maximum absolute atomic E-state index is 12.2. The third-order valence-corrected chi connectivity index (χ3v) is 1.83. The number of ether oxygens (including phenoxy) is 1. The van der Waals surface area contributed by atoms with E-state index in [1.54, 1.807) is 0 Å². The molecule has 0 saturated carbocycles. The largest absolute Gasteiger partial charge is 0.495 e. The van der Waals surface area contributed by atoms with Crippen molar-refractivity contribution in [2.24, 2.45) is 0 Å². The molecule has 0 aromatic heterocycles. The molecule has 0 fully saturated rings. The predicted molar refractivity (Wildman–Crippen MR) is 47.5 cm³/mol. The first kappa shape index (κ1) is 11.0. The number of hydrogen-bond acceptors (Lipinski definition) is 2. The highest BCUT2D eigenvalue weighted by atomic mass is 35.5. The molecular weight excluding hydrogens is 219 g/mol. The Morgan fingerprint density at radius 3 is 2.43 bits per heavy atom. The lowest BCUT2D eigenvalue weighted by Crippen LogP contribution is -2.05. The second kappa shape index (κ2) is 3.96. The molecule has 0 atom stereocenters. The van der Waals surface area contributed by atoms with E-state index in [9.17, 15) is 13.2 Å². The van der Waals surface area contributed by atoms with Crippen molar-refractivity contribution in [1.29, 1.82) is 0 Å². The molecule has 1 rings (SSSR count). The van der Waals surface area contributed by atoms with Gasteiger partial charge >= 0.3 is 6.18 Å². The lowest BCUT2D eigenvalue weighted by Gasteiger charge is -2.11. The zero-order valence-electron chi connectivity index (χ0n) is 7.15. The van der Waals surface area contributed by atoms with Gasteiger partial charge in [0.25, 0.3) is 0 Å². The van der Waals surface area contributed by atoms with Gasteiger partial charge in [-0.25, -0.2) is 0 Å². The van der Waals surface area contributed by atoms with Crippen LogP contribution in [0.2, 0.25) is 0 Å². The average molecular weight is 226 g/mol. The van der Waals surface area contributed by atoms with E-state index in [0.29, 0.717) is 0 Å². The summed E-state index contributed by atoms with van der Waals surface area (Å²) < 4.78 is 41.5. The summed E-state index contributed by atoms with van der Waals surface area (Å²) in [4.78, 5) is 2.11. The first-order chi connectivity index (χ1) is 6.49. The van der Waals surface area contributed by atoms with Crippen LogP contribution < -0.4 is 9.57 Å². The van der Waals surface area contributed by atoms with E-state index in [-0.39, 0.29) is 11.4 Å². The minimum atomic E-state index is -4.38. The number of benzene rings is 1. The van der Waals surface area contributed by atoms with Crippen LogP contribution in [0.15, 0.2) is 18.2 Å². The Morgan fingerprint density at radius 2 is 2.00 bits per heavy atom. The fourth-order valence-electron chi connectivity index (χ4n) is 0.958. The molecule has 6 heteroatoms. The fraction of sp³-hybridized carbons (Fsp3) is 0.250. The molecule has 14 heavy (non-hydrogen) atoms. The first-order valence-corrected chi connectivity index (χ1v) is 3.98. The SMILES string of the molecule is COc1ccc(C(F)(F)F)cc1NCl. The van der Waals surface area contributed by atoms with E-state index in [0.717, 1.165) is 12.1 Å². The summed E-state index contributed by atoms with van der Waals surface area (Å²) >= 11 is 5.24.